The Morgan fingerprint density at radius 1 is 1.04 bits per heavy atom. The van der Waals surface area contributed by atoms with E-state index in [4.69, 9.17) is 0 Å². The van der Waals surface area contributed by atoms with Crippen LogP contribution in [0.15, 0.2) is 58.7 Å². The quantitative estimate of drug-likeness (QED) is 0.539. The molecule has 8 nitrogen and oxygen atoms in total. The molecule has 0 amide bonds. The lowest BCUT2D eigenvalue weighted by atomic mass is 10.2. The Bertz CT molecular complexity index is 958. The minimum Gasteiger partial charge on any atom is -0.333 e. The SMILES string of the molecule is O=[N+]([O-])c1ccc(Sc2ncc(-c3ccc(F)cc3)[nH]2)c([N+](=O)[O-])c1. The number of halogens is 1. The van der Waals surface area contributed by atoms with E-state index in [9.17, 15) is 24.6 Å². The van der Waals surface area contributed by atoms with Crippen molar-refractivity contribution in [2.45, 2.75) is 10.1 Å². The lowest BCUT2D eigenvalue weighted by molar-refractivity contribution is -0.396. The number of imidazole rings is 1. The van der Waals surface area contributed by atoms with Gasteiger partial charge in [0.15, 0.2) is 5.16 Å². The number of nitro groups is 2. The summed E-state index contributed by atoms with van der Waals surface area (Å²) in [5.74, 6) is -0.362. The van der Waals surface area contributed by atoms with Crippen molar-refractivity contribution in [2.24, 2.45) is 0 Å². The summed E-state index contributed by atoms with van der Waals surface area (Å²) in [4.78, 5) is 27.9. The third-order valence-electron chi connectivity index (χ3n) is 3.26. The van der Waals surface area contributed by atoms with Gasteiger partial charge in [-0.1, -0.05) is 0 Å². The highest BCUT2D eigenvalue weighted by Gasteiger charge is 2.21. The van der Waals surface area contributed by atoms with Crippen LogP contribution in [0.25, 0.3) is 11.3 Å². The molecule has 0 radical (unpaired) electrons. The first kappa shape index (κ1) is 16.6. The number of aromatic amines is 1. The van der Waals surface area contributed by atoms with Crippen molar-refractivity contribution >= 4 is 23.1 Å². The Balaban J connectivity index is 1.89. The minimum absolute atomic E-state index is 0.218. The van der Waals surface area contributed by atoms with Crippen LogP contribution in [0.5, 0.6) is 0 Å². The molecule has 126 valence electrons. The highest BCUT2D eigenvalue weighted by molar-refractivity contribution is 7.99. The highest BCUT2D eigenvalue weighted by atomic mass is 32.2. The topological polar surface area (TPSA) is 115 Å². The summed E-state index contributed by atoms with van der Waals surface area (Å²) >= 11 is 0.977. The molecule has 1 N–H and O–H groups in total. The van der Waals surface area contributed by atoms with Crippen LogP contribution in [0.2, 0.25) is 0 Å². The van der Waals surface area contributed by atoms with E-state index in [0.717, 1.165) is 17.8 Å². The molecule has 2 aromatic carbocycles. The number of benzene rings is 2. The molecule has 0 aliphatic rings. The summed E-state index contributed by atoms with van der Waals surface area (Å²) < 4.78 is 13.0. The van der Waals surface area contributed by atoms with Crippen molar-refractivity contribution in [3.05, 3.63) is 74.7 Å². The van der Waals surface area contributed by atoms with E-state index in [1.165, 1.54) is 30.5 Å². The number of aromatic nitrogens is 2. The normalized spacial score (nSPS) is 10.6. The van der Waals surface area contributed by atoms with Gasteiger partial charge in [0.25, 0.3) is 11.4 Å². The molecule has 0 saturated heterocycles. The number of rotatable bonds is 5. The monoisotopic (exact) mass is 360 g/mol. The van der Waals surface area contributed by atoms with Gasteiger partial charge >= 0.3 is 0 Å². The Labute approximate surface area is 144 Å². The average molecular weight is 360 g/mol. The molecular formula is C15H9FN4O4S. The molecular weight excluding hydrogens is 351 g/mol. The van der Waals surface area contributed by atoms with Gasteiger partial charge in [-0.3, -0.25) is 20.2 Å². The molecule has 0 atom stereocenters. The lowest BCUT2D eigenvalue weighted by Gasteiger charge is -2.01. The number of hydrogen-bond donors (Lipinski definition) is 1. The zero-order valence-electron chi connectivity index (χ0n) is 12.4. The molecule has 1 aromatic heterocycles. The third kappa shape index (κ3) is 3.63. The first-order valence-electron chi connectivity index (χ1n) is 6.85. The van der Waals surface area contributed by atoms with Gasteiger partial charge < -0.3 is 4.98 Å². The largest absolute Gasteiger partial charge is 0.333 e. The third-order valence-corrected chi connectivity index (χ3v) is 4.23. The van der Waals surface area contributed by atoms with Crippen LogP contribution in [0, 0.1) is 26.0 Å². The van der Waals surface area contributed by atoms with Crippen LogP contribution < -0.4 is 0 Å². The standard InChI is InChI=1S/C15H9FN4O4S/c16-10-3-1-9(2-4-10)12-8-17-15(18-12)25-14-6-5-11(19(21)22)7-13(14)20(23)24/h1-8H,(H,17,18). The summed E-state index contributed by atoms with van der Waals surface area (Å²) in [6.07, 6.45) is 1.52. The zero-order chi connectivity index (χ0) is 18.0. The summed E-state index contributed by atoms with van der Waals surface area (Å²) in [7, 11) is 0. The molecule has 0 aliphatic carbocycles. The van der Waals surface area contributed by atoms with Gasteiger partial charge in [-0.15, -0.1) is 0 Å². The second kappa shape index (κ2) is 6.69. The smallest absolute Gasteiger partial charge is 0.290 e. The molecule has 3 rings (SSSR count). The highest BCUT2D eigenvalue weighted by Crippen LogP contribution is 2.36. The van der Waals surface area contributed by atoms with E-state index in [1.54, 1.807) is 12.1 Å². The first-order chi connectivity index (χ1) is 11.9. The van der Waals surface area contributed by atoms with Crippen molar-refractivity contribution < 1.29 is 14.2 Å². The van der Waals surface area contributed by atoms with Crippen LogP contribution in [0.4, 0.5) is 15.8 Å². The number of H-pyrrole nitrogens is 1. The second-order valence-corrected chi connectivity index (χ2v) is 5.91. The van der Waals surface area contributed by atoms with Crippen LogP contribution in [0.1, 0.15) is 0 Å². The van der Waals surface area contributed by atoms with Gasteiger partial charge in [0.1, 0.15) is 5.82 Å². The van der Waals surface area contributed by atoms with Gasteiger partial charge in [0, 0.05) is 6.07 Å². The molecule has 0 unspecified atom stereocenters. The van der Waals surface area contributed by atoms with Crippen molar-refractivity contribution in [2.75, 3.05) is 0 Å². The van der Waals surface area contributed by atoms with E-state index >= 15 is 0 Å². The van der Waals surface area contributed by atoms with Crippen molar-refractivity contribution in [3.8, 4) is 11.3 Å². The molecule has 0 saturated carbocycles. The van der Waals surface area contributed by atoms with E-state index in [2.05, 4.69) is 9.97 Å². The molecule has 0 aliphatic heterocycles. The fraction of sp³-hybridized carbons (Fsp3) is 0. The fourth-order valence-electron chi connectivity index (χ4n) is 2.08. The van der Waals surface area contributed by atoms with E-state index in [0.29, 0.717) is 16.4 Å². The van der Waals surface area contributed by atoms with Crippen molar-refractivity contribution in [3.63, 3.8) is 0 Å². The number of hydrogen-bond acceptors (Lipinski definition) is 6. The summed E-state index contributed by atoms with van der Waals surface area (Å²) in [5, 5.41) is 22.3. The molecule has 1 heterocycles. The Kier molecular flexibility index (Phi) is 4.44. The molecule has 0 bridgehead atoms. The van der Waals surface area contributed by atoms with Gasteiger partial charge in [-0.25, -0.2) is 9.37 Å². The molecule has 25 heavy (non-hydrogen) atoms. The van der Waals surface area contributed by atoms with Gasteiger partial charge in [-0.2, -0.15) is 0 Å². The Hall–Kier alpha value is -3.27. The number of non-ortho nitro benzene ring substituents is 1. The van der Waals surface area contributed by atoms with Gasteiger partial charge in [-0.05, 0) is 47.7 Å². The molecule has 0 spiro atoms. The van der Waals surface area contributed by atoms with E-state index < -0.39 is 9.85 Å². The van der Waals surface area contributed by atoms with Crippen LogP contribution in [-0.4, -0.2) is 19.8 Å². The van der Waals surface area contributed by atoms with Gasteiger partial charge in [0.2, 0.25) is 0 Å². The first-order valence-corrected chi connectivity index (χ1v) is 7.67. The second-order valence-electron chi connectivity index (χ2n) is 4.88. The van der Waals surface area contributed by atoms with Gasteiger partial charge in [0.05, 0.1) is 32.7 Å². The Morgan fingerprint density at radius 3 is 2.40 bits per heavy atom. The Morgan fingerprint density at radius 2 is 1.76 bits per heavy atom. The van der Waals surface area contributed by atoms with E-state index in [-0.39, 0.29) is 22.1 Å². The van der Waals surface area contributed by atoms with Crippen LogP contribution in [-0.2, 0) is 0 Å². The summed E-state index contributed by atoms with van der Waals surface area (Å²) in [6, 6.07) is 9.18. The maximum absolute atomic E-state index is 13.0. The summed E-state index contributed by atoms with van der Waals surface area (Å²) in [6.45, 7) is 0. The molecule has 10 heteroatoms. The van der Waals surface area contributed by atoms with E-state index in [1.807, 2.05) is 0 Å². The maximum Gasteiger partial charge on any atom is 0.290 e. The van der Waals surface area contributed by atoms with Crippen LogP contribution >= 0.6 is 11.8 Å². The zero-order valence-corrected chi connectivity index (χ0v) is 13.2. The summed E-state index contributed by atoms with van der Waals surface area (Å²) in [5.41, 5.74) is 0.590. The fourth-order valence-corrected chi connectivity index (χ4v) is 2.93. The number of nitrogens with zero attached hydrogens (tertiary/aromatic N) is 3. The predicted molar refractivity (Wildman–Crippen MR) is 87.9 cm³/mol. The van der Waals surface area contributed by atoms with Crippen LogP contribution in [0.3, 0.4) is 0 Å². The number of nitrogens with one attached hydrogen (secondary N) is 1. The minimum atomic E-state index is -0.693. The maximum atomic E-state index is 13.0. The van der Waals surface area contributed by atoms with Crippen molar-refractivity contribution in [1.82, 2.24) is 9.97 Å². The average Bonchev–Trinajstić information content (AvgIpc) is 3.04. The predicted octanol–water partition coefficient (Wildman–Crippen LogP) is 4.18. The number of nitro benzene ring substituents is 2. The van der Waals surface area contributed by atoms with Crippen molar-refractivity contribution in [1.29, 1.82) is 0 Å². The lowest BCUT2D eigenvalue weighted by Crippen LogP contribution is -1.94. The molecule has 0 fully saturated rings. The molecule has 3 aromatic rings.